The van der Waals surface area contributed by atoms with Gasteiger partial charge in [0, 0.05) is 50.0 Å². The van der Waals surface area contributed by atoms with Gasteiger partial charge in [-0.2, -0.15) is 0 Å². The molecule has 8 rings (SSSR count). The fourth-order valence-corrected chi connectivity index (χ4v) is 8.29. The van der Waals surface area contributed by atoms with Gasteiger partial charge in [-0.3, -0.25) is 9.59 Å². The monoisotopic (exact) mass is 832 g/mol. The third-order valence-corrected chi connectivity index (χ3v) is 11.3. The molecule has 0 radical (unpaired) electrons. The standard InChI is InChI=1S/C14H15ClN2.C13H15ClO2.C9H7ClO2.C9H7ClO/c1-9-16-8-11(17-9)7-10-5-6-13-12(10)3-2-4-14(13)15;1-2-16-13(15)8-9-6-7-11-10(9)4-3-5-12(11)14;10-8-4-2-1-3-7(8)5-6-9(11)12;10-8-3-1-2-7-6(8)4-5-9(7)11/h2-4,8,10,16-17H,1,5-7H2;3-5,9H,2,6-8H2,1H3;1-6H,(H,11,12);1-3H,4-5H2/b;;6-5+;. The van der Waals surface area contributed by atoms with E-state index >= 15 is 0 Å². The Balaban J connectivity index is 0.000000145. The van der Waals surface area contributed by atoms with E-state index in [1.54, 1.807) is 24.3 Å². The minimum atomic E-state index is -0.977. The van der Waals surface area contributed by atoms with Crippen molar-refractivity contribution in [2.75, 3.05) is 6.61 Å². The number of carboxylic acids is 1. The van der Waals surface area contributed by atoms with E-state index in [2.05, 4.69) is 29.3 Å². The molecule has 0 fully saturated rings. The highest BCUT2D eigenvalue weighted by molar-refractivity contribution is 6.33. The zero-order valence-corrected chi connectivity index (χ0v) is 34.1. The second-order valence-corrected chi connectivity index (χ2v) is 15.2. The van der Waals surface area contributed by atoms with Crippen LogP contribution in [0.15, 0.2) is 109 Å². The molecule has 56 heavy (non-hydrogen) atoms. The normalized spacial score (nSPS) is 17.1. The lowest BCUT2D eigenvalue weighted by atomic mass is 9.96. The van der Waals surface area contributed by atoms with Gasteiger partial charge in [0.25, 0.3) is 0 Å². The van der Waals surface area contributed by atoms with Gasteiger partial charge in [0.2, 0.25) is 0 Å². The quantitative estimate of drug-likeness (QED) is 0.126. The first-order valence-corrected chi connectivity index (χ1v) is 20.0. The van der Waals surface area contributed by atoms with Gasteiger partial charge in [-0.1, -0.05) is 108 Å². The molecule has 4 aliphatic rings. The van der Waals surface area contributed by atoms with Gasteiger partial charge in [0.15, 0.2) is 5.78 Å². The van der Waals surface area contributed by atoms with Crippen LogP contribution in [0.2, 0.25) is 20.1 Å². The zero-order valence-electron chi connectivity index (χ0n) is 31.1. The molecule has 1 aliphatic heterocycles. The van der Waals surface area contributed by atoms with Crippen LogP contribution in [0.1, 0.15) is 94.6 Å². The number of nitrogens with one attached hydrogen (secondary N) is 2. The number of carbonyl (C=O) groups excluding carboxylic acids is 2. The predicted molar refractivity (Wildman–Crippen MR) is 227 cm³/mol. The Bertz CT molecular complexity index is 2150. The minimum Gasteiger partial charge on any atom is -0.478 e. The number of Topliss-reactive ketones (excluding diaryl/α,β-unsaturated/α-hetero) is 1. The number of carboxylic acid groups (broad SMARTS) is 1. The average molecular weight is 835 g/mol. The highest BCUT2D eigenvalue weighted by Gasteiger charge is 2.27. The van der Waals surface area contributed by atoms with Crippen LogP contribution in [-0.2, 0) is 33.6 Å². The van der Waals surface area contributed by atoms with Crippen LogP contribution in [0.5, 0.6) is 0 Å². The fourth-order valence-electron chi connectivity index (χ4n) is 7.27. The maximum atomic E-state index is 11.4. The van der Waals surface area contributed by atoms with E-state index in [1.165, 1.54) is 40.4 Å². The summed E-state index contributed by atoms with van der Waals surface area (Å²) in [5.41, 5.74) is 8.95. The van der Waals surface area contributed by atoms with Crippen LogP contribution in [-0.4, -0.2) is 29.4 Å². The van der Waals surface area contributed by atoms with E-state index < -0.39 is 5.97 Å². The Morgan fingerprint density at radius 1 is 0.786 bits per heavy atom. The number of benzene rings is 4. The maximum Gasteiger partial charge on any atom is 0.328 e. The number of esters is 1. The molecule has 0 spiro atoms. The van der Waals surface area contributed by atoms with Crippen LogP contribution < -0.4 is 10.6 Å². The molecule has 3 N–H and O–H groups in total. The predicted octanol–water partition coefficient (Wildman–Crippen LogP) is 11.5. The van der Waals surface area contributed by atoms with Crippen molar-refractivity contribution in [1.82, 2.24) is 10.6 Å². The van der Waals surface area contributed by atoms with Gasteiger partial charge in [-0.05, 0) is 121 Å². The smallest absolute Gasteiger partial charge is 0.328 e. The molecular weight excluding hydrogens is 790 g/mol. The number of rotatable bonds is 7. The Morgan fingerprint density at radius 3 is 1.96 bits per heavy atom. The first-order chi connectivity index (χ1) is 26.9. The van der Waals surface area contributed by atoms with Crippen molar-refractivity contribution < 1.29 is 24.2 Å². The van der Waals surface area contributed by atoms with E-state index in [4.69, 9.17) is 56.2 Å². The van der Waals surface area contributed by atoms with Crippen molar-refractivity contribution in [3.05, 3.63) is 168 Å². The van der Waals surface area contributed by atoms with Gasteiger partial charge < -0.3 is 20.5 Å². The molecule has 292 valence electrons. The molecule has 2 unspecified atom stereocenters. The van der Waals surface area contributed by atoms with E-state index in [-0.39, 0.29) is 17.7 Å². The number of fused-ring (bicyclic) bond motifs is 3. The number of allylic oxidation sites excluding steroid dienone is 1. The highest BCUT2D eigenvalue weighted by Crippen LogP contribution is 2.41. The molecule has 0 saturated carbocycles. The van der Waals surface area contributed by atoms with Crippen LogP contribution >= 0.6 is 46.4 Å². The van der Waals surface area contributed by atoms with Crippen molar-refractivity contribution in [2.24, 2.45) is 0 Å². The number of hydrogen-bond donors (Lipinski definition) is 3. The summed E-state index contributed by atoms with van der Waals surface area (Å²) in [6.07, 6.45) is 11.7. The Morgan fingerprint density at radius 2 is 1.38 bits per heavy atom. The van der Waals surface area contributed by atoms with Crippen LogP contribution in [0.3, 0.4) is 0 Å². The number of ketones is 1. The number of halogens is 4. The zero-order chi connectivity index (χ0) is 40.2. The van der Waals surface area contributed by atoms with Crippen LogP contribution in [0.25, 0.3) is 6.08 Å². The van der Waals surface area contributed by atoms with Crippen molar-refractivity contribution in [2.45, 2.75) is 70.1 Å². The van der Waals surface area contributed by atoms with Crippen molar-refractivity contribution in [3.8, 4) is 0 Å². The summed E-state index contributed by atoms with van der Waals surface area (Å²) < 4.78 is 4.98. The summed E-state index contributed by atoms with van der Waals surface area (Å²) in [4.78, 5) is 32.8. The van der Waals surface area contributed by atoms with E-state index in [9.17, 15) is 14.4 Å². The summed E-state index contributed by atoms with van der Waals surface area (Å²) in [6.45, 7) is 6.13. The van der Waals surface area contributed by atoms with E-state index in [0.717, 1.165) is 70.2 Å². The van der Waals surface area contributed by atoms with Gasteiger partial charge in [-0.25, -0.2) is 4.79 Å². The molecule has 0 bridgehead atoms. The highest BCUT2D eigenvalue weighted by atomic mass is 35.5. The molecule has 2 atom stereocenters. The Kier molecular flexibility index (Phi) is 15.7. The molecule has 0 saturated heterocycles. The van der Waals surface area contributed by atoms with Crippen LogP contribution in [0.4, 0.5) is 0 Å². The van der Waals surface area contributed by atoms with Gasteiger partial charge in [-0.15, -0.1) is 0 Å². The van der Waals surface area contributed by atoms with Gasteiger partial charge in [0.1, 0.15) is 0 Å². The van der Waals surface area contributed by atoms with Crippen molar-refractivity contribution >= 4 is 70.2 Å². The number of aliphatic carboxylic acids is 1. The Hall–Kier alpha value is -4.53. The molecule has 4 aromatic carbocycles. The lowest BCUT2D eigenvalue weighted by Gasteiger charge is -2.12. The third kappa shape index (κ3) is 11.5. The van der Waals surface area contributed by atoms with E-state index in [0.29, 0.717) is 36.0 Å². The molecule has 1 heterocycles. The maximum absolute atomic E-state index is 11.4. The lowest BCUT2D eigenvalue weighted by Crippen LogP contribution is -2.11. The summed E-state index contributed by atoms with van der Waals surface area (Å²) in [7, 11) is 0. The van der Waals surface area contributed by atoms with Gasteiger partial charge in [0.05, 0.1) is 18.8 Å². The summed E-state index contributed by atoms with van der Waals surface area (Å²) >= 11 is 24.0. The summed E-state index contributed by atoms with van der Waals surface area (Å²) in [6, 6.07) is 24.7. The van der Waals surface area contributed by atoms with Crippen molar-refractivity contribution in [1.29, 1.82) is 0 Å². The molecule has 4 aromatic rings. The number of carbonyl (C=O) groups is 3. The molecular formula is C45H44Cl4N2O5. The average Bonchev–Trinajstić information content (AvgIpc) is 3.98. The number of ether oxygens (including phenoxy) is 1. The molecule has 0 aromatic heterocycles. The summed E-state index contributed by atoms with van der Waals surface area (Å²) in [5.74, 6) is 0.866. The first-order valence-electron chi connectivity index (χ1n) is 18.5. The fraction of sp³-hybridized carbons (Fsp3) is 0.267. The molecule has 0 amide bonds. The second kappa shape index (κ2) is 20.6. The van der Waals surface area contributed by atoms with Crippen molar-refractivity contribution in [3.63, 3.8) is 0 Å². The topological polar surface area (TPSA) is 105 Å². The molecule has 3 aliphatic carbocycles. The third-order valence-electron chi connectivity index (χ3n) is 9.92. The largest absolute Gasteiger partial charge is 0.478 e. The minimum absolute atomic E-state index is 0.111. The number of hydrogen-bond acceptors (Lipinski definition) is 6. The Labute approximate surface area is 348 Å². The first kappa shape index (κ1) is 42.6. The lowest BCUT2D eigenvalue weighted by molar-refractivity contribution is -0.143. The summed E-state index contributed by atoms with van der Waals surface area (Å²) in [5, 5.41) is 17.7. The van der Waals surface area contributed by atoms with E-state index in [1.807, 2.05) is 55.6 Å². The van der Waals surface area contributed by atoms with Crippen LogP contribution in [0, 0.1) is 0 Å². The molecule has 7 nitrogen and oxygen atoms in total. The SMILES string of the molecule is C=C1NC=C(CC2CCc3c(Cl)cccc32)N1.CCOC(=O)CC1CCc2c(Cl)cccc21.O=C(O)/C=C/c1ccccc1Cl.O=C1CCc2c(Cl)cccc21. The second-order valence-electron chi connectivity index (χ2n) is 13.6. The molecule has 11 heteroatoms. The van der Waals surface area contributed by atoms with Gasteiger partial charge >= 0.3 is 11.9 Å².